The summed E-state index contributed by atoms with van der Waals surface area (Å²) < 4.78 is 0. The first-order chi connectivity index (χ1) is 12.1. The fraction of sp³-hybridized carbons (Fsp3) is 0.842. The van der Waals surface area contributed by atoms with Crippen molar-refractivity contribution in [2.24, 2.45) is 11.8 Å². The number of carboxylic acids is 1. The predicted molar refractivity (Wildman–Crippen MR) is 95.0 cm³/mol. The summed E-state index contributed by atoms with van der Waals surface area (Å²) in [6.45, 7) is 0.471. The molecule has 1 atom stereocenters. The zero-order valence-electron chi connectivity index (χ0n) is 15.1. The van der Waals surface area contributed by atoms with Gasteiger partial charge in [0.2, 0.25) is 11.8 Å². The van der Waals surface area contributed by atoms with Gasteiger partial charge in [0.05, 0.1) is 0 Å². The summed E-state index contributed by atoms with van der Waals surface area (Å²) in [7, 11) is 0. The molecule has 6 nitrogen and oxygen atoms in total. The quantitative estimate of drug-likeness (QED) is 0.585. The molecule has 0 saturated heterocycles. The van der Waals surface area contributed by atoms with Crippen LogP contribution < -0.4 is 10.6 Å². The monoisotopic (exact) mass is 352 g/mol. The van der Waals surface area contributed by atoms with Gasteiger partial charge in [-0.25, -0.2) is 4.79 Å². The van der Waals surface area contributed by atoms with Crippen LogP contribution in [0.4, 0.5) is 0 Å². The Morgan fingerprint density at radius 1 is 0.840 bits per heavy atom. The number of aliphatic carboxylic acids is 1. The molecule has 6 heteroatoms. The van der Waals surface area contributed by atoms with Crippen molar-refractivity contribution in [1.82, 2.24) is 10.6 Å². The molecule has 2 rings (SSSR count). The molecule has 2 aliphatic rings. The minimum Gasteiger partial charge on any atom is -0.480 e. The van der Waals surface area contributed by atoms with Gasteiger partial charge < -0.3 is 15.7 Å². The number of carbonyl (C=O) groups excluding carboxylic acids is 2. The summed E-state index contributed by atoms with van der Waals surface area (Å²) in [5.74, 6) is -0.949. The van der Waals surface area contributed by atoms with Gasteiger partial charge in [0.1, 0.15) is 6.04 Å². The van der Waals surface area contributed by atoms with Crippen molar-refractivity contribution in [3.8, 4) is 0 Å². The second-order valence-electron chi connectivity index (χ2n) is 7.50. The smallest absolute Gasteiger partial charge is 0.326 e. The van der Waals surface area contributed by atoms with Gasteiger partial charge in [-0.1, -0.05) is 38.5 Å². The lowest BCUT2D eigenvalue weighted by molar-refractivity contribution is -0.142. The van der Waals surface area contributed by atoms with Gasteiger partial charge in [-0.2, -0.15) is 0 Å². The van der Waals surface area contributed by atoms with Crippen LogP contribution in [0.1, 0.15) is 77.0 Å². The molecule has 0 bridgehead atoms. The van der Waals surface area contributed by atoms with E-state index in [1.54, 1.807) is 0 Å². The van der Waals surface area contributed by atoms with E-state index in [9.17, 15) is 19.5 Å². The number of nitrogens with one attached hydrogen (secondary N) is 2. The fourth-order valence-corrected chi connectivity index (χ4v) is 3.94. The molecule has 2 saturated carbocycles. The Balaban J connectivity index is 1.67. The Morgan fingerprint density at radius 2 is 1.36 bits per heavy atom. The van der Waals surface area contributed by atoms with Crippen LogP contribution in [0.2, 0.25) is 0 Å². The van der Waals surface area contributed by atoms with Crippen LogP contribution in [0.25, 0.3) is 0 Å². The molecule has 0 heterocycles. The summed E-state index contributed by atoms with van der Waals surface area (Å²) in [4.78, 5) is 35.7. The highest BCUT2D eigenvalue weighted by Crippen LogP contribution is 2.24. The summed E-state index contributed by atoms with van der Waals surface area (Å²) >= 11 is 0. The van der Waals surface area contributed by atoms with E-state index in [4.69, 9.17) is 0 Å². The highest BCUT2D eigenvalue weighted by Gasteiger charge is 2.26. The highest BCUT2D eigenvalue weighted by molar-refractivity contribution is 5.85. The van der Waals surface area contributed by atoms with Gasteiger partial charge in [-0.3, -0.25) is 9.59 Å². The van der Waals surface area contributed by atoms with E-state index in [0.29, 0.717) is 19.4 Å². The molecule has 142 valence electrons. The van der Waals surface area contributed by atoms with Crippen molar-refractivity contribution in [3.63, 3.8) is 0 Å². The van der Waals surface area contributed by atoms with Gasteiger partial charge in [-0.05, 0) is 38.5 Å². The normalized spacial score (nSPS) is 20.6. The standard InChI is InChI=1S/C19H32N2O4/c22-17(14-8-3-1-4-9-14)20-13-7-12-16(19(24)25)21-18(23)15-10-5-2-6-11-15/h14-16H,1-13H2,(H,20,22)(H,21,23)(H,24,25)/t16-/m0/s1. The predicted octanol–water partition coefficient (Wildman–Crippen LogP) is 2.61. The van der Waals surface area contributed by atoms with Gasteiger partial charge in [0, 0.05) is 18.4 Å². The van der Waals surface area contributed by atoms with Crippen LogP contribution >= 0.6 is 0 Å². The minimum atomic E-state index is -0.997. The topological polar surface area (TPSA) is 95.5 Å². The van der Waals surface area contributed by atoms with Crippen molar-refractivity contribution in [3.05, 3.63) is 0 Å². The van der Waals surface area contributed by atoms with Crippen molar-refractivity contribution >= 4 is 17.8 Å². The van der Waals surface area contributed by atoms with E-state index in [1.165, 1.54) is 6.42 Å². The van der Waals surface area contributed by atoms with Crippen LogP contribution in [-0.2, 0) is 14.4 Å². The molecular weight excluding hydrogens is 320 g/mol. The number of carbonyl (C=O) groups is 3. The van der Waals surface area contributed by atoms with Crippen LogP contribution in [-0.4, -0.2) is 35.5 Å². The van der Waals surface area contributed by atoms with Crippen molar-refractivity contribution in [2.45, 2.75) is 83.1 Å². The molecule has 0 aromatic rings. The van der Waals surface area contributed by atoms with E-state index in [0.717, 1.165) is 57.8 Å². The Kier molecular flexibility index (Phi) is 8.22. The lowest BCUT2D eigenvalue weighted by atomic mass is 9.88. The van der Waals surface area contributed by atoms with Crippen LogP contribution in [0.15, 0.2) is 0 Å². The average molecular weight is 352 g/mol. The van der Waals surface area contributed by atoms with E-state index < -0.39 is 12.0 Å². The second-order valence-corrected chi connectivity index (χ2v) is 7.50. The zero-order valence-corrected chi connectivity index (χ0v) is 15.1. The summed E-state index contributed by atoms with van der Waals surface area (Å²) in [5.41, 5.74) is 0. The van der Waals surface area contributed by atoms with Crippen LogP contribution in [0.5, 0.6) is 0 Å². The number of rotatable bonds is 8. The van der Waals surface area contributed by atoms with Gasteiger partial charge in [0.15, 0.2) is 0 Å². The molecule has 0 aromatic carbocycles. The molecule has 0 radical (unpaired) electrons. The molecular formula is C19H32N2O4. The second kappa shape index (κ2) is 10.4. The average Bonchev–Trinajstić information content (AvgIpc) is 2.65. The molecule has 0 aliphatic heterocycles. The largest absolute Gasteiger partial charge is 0.480 e. The first-order valence-corrected chi connectivity index (χ1v) is 9.89. The number of amides is 2. The summed E-state index contributed by atoms with van der Waals surface area (Å²) in [6, 6.07) is -0.860. The van der Waals surface area contributed by atoms with E-state index in [1.807, 2.05) is 0 Å². The van der Waals surface area contributed by atoms with Gasteiger partial charge in [0.25, 0.3) is 0 Å². The number of hydrogen-bond acceptors (Lipinski definition) is 3. The summed E-state index contributed by atoms with van der Waals surface area (Å²) in [5, 5.41) is 14.9. The Labute approximate surface area is 150 Å². The third-order valence-electron chi connectivity index (χ3n) is 5.54. The minimum absolute atomic E-state index is 0.0402. The summed E-state index contributed by atoms with van der Waals surface area (Å²) in [6.07, 6.45) is 11.2. The molecule has 0 aromatic heterocycles. The van der Waals surface area contributed by atoms with Gasteiger partial charge in [-0.15, -0.1) is 0 Å². The molecule has 2 aliphatic carbocycles. The lowest BCUT2D eigenvalue weighted by Gasteiger charge is -2.23. The van der Waals surface area contributed by atoms with Gasteiger partial charge >= 0.3 is 5.97 Å². The molecule has 2 fully saturated rings. The maximum atomic E-state index is 12.2. The van der Waals surface area contributed by atoms with Crippen molar-refractivity contribution in [1.29, 1.82) is 0 Å². The zero-order chi connectivity index (χ0) is 18.1. The Hall–Kier alpha value is -1.59. The Bertz CT molecular complexity index is 454. The Morgan fingerprint density at radius 3 is 1.88 bits per heavy atom. The molecule has 2 amide bonds. The van der Waals surface area contributed by atoms with Crippen LogP contribution in [0, 0.1) is 11.8 Å². The molecule has 0 spiro atoms. The van der Waals surface area contributed by atoms with E-state index in [-0.39, 0.29) is 23.7 Å². The number of hydrogen-bond donors (Lipinski definition) is 3. The van der Waals surface area contributed by atoms with E-state index >= 15 is 0 Å². The first-order valence-electron chi connectivity index (χ1n) is 9.89. The molecule has 3 N–H and O–H groups in total. The SMILES string of the molecule is O=C(NCCC[C@H](NC(=O)C1CCCCC1)C(=O)O)C1CCCCC1. The van der Waals surface area contributed by atoms with Crippen molar-refractivity contribution < 1.29 is 19.5 Å². The van der Waals surface area contributed by atoms with Crippen LogP contribution in [0.3, 0.4) is 0 Å². The lowest BCUT2D eigenvalue weighted by Crippen LogP contribution is -2.44. The maximum absolute atomic E-state index is 12.2. The molecule has 25 heavy (non-hydrogen) atoms. The van der Waals surface area contributed by atoms with E-state index in [2.05, 4.69) is 10.6 Å². The van der Waals surface area contributed by atoms with Crippen molar-refractivity contribution in [2.75, 3.05) is 6.54 Å². The molecule has 0 unspecified atom stereocenters. The number of carboxylic acid groups (broad SMARTS) is 1. The third kappa shape index (κ3) is 6.67. The fourth-order valence-electron chi connectivity index (χ4n) is 3.94. The maximum Gasteiger partial charge on any atom is 0.326 e. The third-order valence-corrected chi connectivity index (χ3v) is 5.54. The highest BCUT2D eigenvalue weighted by atomic mass is 16.4. The first kappa shape index (κ1) is 19.7.